The maximum Gasteiger partial charge on any atom is 0.225 e. The Kier molecular flexibility index (Phi) is 7.95. The third-order valence-electron chi connectivity index (χ3n) is 5.77. The molecule has 0 unspecified atom stereocenters. The zero-order valence-corrected chi connectivity index (χ0v) is 17.7. The second-order valence-electron chi connectivity index (χ2n) is 7.80. The van der Waals surface area contributed by atoms with Crippen LogP contribution < -0.4 is 4.74 Å². The lowest BCUT2D eigenvalue weighted by molar-refractivity contribution is -0.138. The minimum absolute atomic E-state index is 0.0388. The van der Waals surface area contributed by atoms with Crippen LogP contribution in [0.4, 0.5) is 13.2 Å². The summed E-state index contributed by atoms with van der Waals surface area (Å²) in [6.45, 7) is 6.64. The van der Waals surface area contributed by atoms with E-state index >= 15 is 0 Å². The molecule has 1 amide bonds. The highest BCUT2D eigenvalue weighted by Gasteiger charge is 2.32. The molecule has 0 saturated carbocycles. The Hall–Kier alpha value is -2.55. The molecule has 0 radical (unpaired) electrons. The summed E-state index contributed by atoms with van der Waals surface area (Å²) < 4.78 is 51.3. The molecular weight excluding hydrogens is 411 g/mol. The summed E-state index contributed by atoms with van der Waals surface area (Å²) in [5.41, 5.74) is 0. The minimum atomic E-state index is -1.06. The number of ether oxygens (including phenoxy) is 2. The molecule has 1 aromatic rings. The normalized spacial score (nSPS) is 19.4. The lowest BCUT2D eigenvalue weighted by Crippen LogP contribution is -2.47. The van der Waals surface area contributed by atoms with Crippen LogP contribution in [0, 0.1) is 23.4 Å². The van der Waals surface area contributed by atoms with Gasteiger partial charge in [0.1, 0.15) is 11.9 Å². The van der Waals surface area contributed by atoms with Crippen LogP contribution in [0.15, 0.2) is 29.9 Å². The fourth-order valence-electron chi connectivity index (χ4n) is 4.05. The summed E-state index contributed by atoms with van der Waals surface area (Å²) in [4.78, 5) is 21.0. The Morgan fingerprint density at radius 3 is 2.29 bits per heavy atom. The van der Waals surface area contributed by atoms with Crippen LogP contribution in [0.5, 0.6) is 5.75 Å². The number of methoxy groups -OCH3 is 1. The van der Waals surface area contributed by atoms with Gasteiger partial charge >= 0.3 is 0 Å². The van der Waals surface area contributed by atoms with Crippen LogP contribution in [-0.4, -0.2) is 67.5 Å². The fourth-order valence-corrected chi connectivity index (χ4v) is 4.05. The summed E-state index contributed by atoms with van der Waals surface area (Å²) in [5, 5.41) is 0. The zero-order valence-electron chi connectivity index (χ0n) is 17.7. The van der Waals surface area contributed by atoms with Crippen molar-refractivity contribution >= 4 is 11.8 Å². The van der Waals surface area contributed by atoms with Crippen LogP contribution >= 0.6 is 0 Å². The van der Waals surface area contributed by atoms with Crippen LogP contribution in [0.2, 0.25) is 0 Å². The molecule has 2 heterocycles. The number of piperidine rings is 2. The van der Waals surface area contributed by atoms with E-state index in [4.69, 9.17) is 9.47 Å². The highest BCUT2D eigenvalue weighted by Crippen LogP contribution is 2.27. The van der Waals surface area contributed by atoms with Gasteiger partial charge in [-0.2, -0.15) is 0 Å². The molecule has 31 heavy (non-hydrogen) atoms. The van der Waals surface area contributed by atoms with E-state index in [0.29, 0.717) is 50.5 Å². The minimum Gasteiger partial charge on any atom is -0.484 e. The monoisotopic (exact) mass is 439 g/mol. The average Bonchev–Trinajstić information content (AvgIpc) is 2.76. The van der Waals surface area contributed by atoms with Gasteiger partial charge in [-0.05, 0) is 25.9 Å². The zero-order chi connectivity index (χ0) is 22.4. The van der Waals surface area contributed by atoms with Gasteiger partial charge in [-0.1, -0.05) is 6.58 Å². The Morgan fingerprint density at radius 2 is 1.74 bits per heavy atom. The molecule has 0 aliphatic carbocycles. The molecule has 2 aliphatic heterocycles. The number of amides is 1. The molecule has 0 aromatic heterocycles. The van der Waals surface area contributed by atoms with Crippen molar-refractivity contribution in [2.24, 2.45) is 10.9 Å². The molecule has 6 nitrogen and oxygen atoms in total. The second kappa shape index (κ2) is 10.7. The van der Waals surface area contributed by atoms with Crippen molar-refractivity contribution in [2.75, 3.05) is 39.8 Å². The number of nitrogens with zero attached hydrogens (tertiary/aromatic N) is 3. The Morgan fingerprint density at radius 1 is 1.13 bits per heavy atom. The van der Waals surface area contributed by atoms with Gasteiger partial charge in [-0.3, -0.25) is 9.69 Å². The first kappa shape index (κ1) is 23.1. The van der Waals surface area contributed by atoms with Gasteiger partial charge in [0.05, 0.1) is 13.7 Å². The van der Waals surface area contributed by atoms with Crippen LogP contribution in [-0.2, 0) is 9.53 Å². The Labute approximate surface area is 180 Å². The maximum absolute atomic E-state index is 13.8. The van der Waals surface area contributed by atoms with E-state index in [1.54, 1.807) is 12.0 Å². The third kappa shape index (κ3) is 6.00. The predicted octanol–water partition coefficient (Wildman–Crippen LogP) is 3.37. The number of benzene rings is 1. The molecule has 0 N–H and O–H groups in total. The molecule has 9 heteroatoms. The van der Waals surface area contributed by atoms with Gasteiger partial charge in [0.25, 0.3) is 0 Å². The molecule has 1 aromatic carbocycles. The second-order valence-corrected chi connectivity index (χ2v) is 7.80. The van der Waals surface area contributed by atoms with Gasteiger partial charge in [-0.15, -0.1) is 0 Å². The Balaban J connectivity index is 1.46. The van der Waals surface area contributed by atoms with Crippen LogP contribution in [0.25, 0.3) is 0 Å². The lowest BCUT2D eigenvalue weighted by atomic mass is 9.94. The van der Waals surface area contributed by atoms with Crippen molar-refractivity contribution in [1.29, 1.82) is 0 Å². The first-order valence-electron chi connectivity index (χ1n) is 10.4. The van der Waals surface area contributed by atoms with Crippen molar-refractivity contribution in [3.05, 3.63) is 42.4 Å². The highest BCUT2D eigenvalue weighted by atomic mass is 19.1. The third-order valence-corrected chi connectivity index (χ3v) is 5.77. The predicted molar refractivity (Wildman–Crippen MR) is 110 cm³/mol. The molecule has 170 valence electrons. The number of hydrogen-bond donors (Lipinski definition) is 0. The molecule has 0 bridgehead atoms. The van der Waals surface area contributed by atoms with E-state index in [9.17, 15) is 18.0 Å². The van der Waals surface area contributed by atoms with E-state index in [1.807, 2.05) is 0 Å². The van der Waals surface area contributed by atoms with Crippen LogP contribution in [0.1, 0.15) is 25.7 Å². The fraction of sp³-hybridized carbons (Fsp3) is 0.545. The first-order chi connectivity index (χ1) is 14.9. The number of likely N-dealkylation sites (tertiary alicyclic amines) is 2. The summed E-state index contributed by atoms with van der Waals surface area (Å²) in [7, 11) is 1.57. The quantitative estimate of drug-likeness (QED) is 0.504. The van der Waals surface area contributed by atoms with Crippen molar-refractivity contribution in [3.8, 4) is 5.75 Å². The van der Waals surface area contributed by atoms with Crippen molar-refractivity contribution in [3.63, 3.8) is 0 Å². The number of hydrogen-bond acceptors (Lipinski definition) is 5. The summed E-state index contributed by atoms with van der Waals surface area (Å²) in [6, 6.07) is 1.20. The Bertz CT molecular complexity index is 794. The van der Waals surface area contributed by atoms with E-state index in [2.05, 4.69) is 16.5 Å². The van der Waals surface area contributed by atoms with Crippen molar-refractivity contribution < 1.29 is 27.4 Å². The molecular formula is C22H28F3N3O3. The lowest BCUT2D eigenvalue weighted by Gasteiger charge is -2.37. The summed E-state index contributed by atoms with van der Waals surface area (Å²) >= 11 is 0. The highest BCUT2D eigenvalue weighted by molar-refractivity contribution is 5.80. The van der Waals surface area contributed by atoms with Gasteiger partial charge in [0.2, 0.25) is 11.8 Å². The average molecular weight is 439 g/mol. The van der Waals surface area contributed by atoms with Crippen LogP contribution in [0.3, 0.4) is 0 Å². The van der Waals surface area contributed by atoms with Gasteiger partial charge in [0, 0.05) is 50.2 Å². The molecule has 0 atom stereocenters. The molecule has 2 saturated heterocycles. The van der Waals surface area contributed by atoms with E-state index in [-0.39, 0.29) is 11.8 Å². The molecule has 3 rings (SSSR count). The smallest absolute Gasteiger partial charge is 0.225 e. The molecule has 2 fully saturated rings. The number of carbonyl (C=O) groups is 1. The van der Waals surface area contributed by atoms with E-state index in [0.717, 1.165) is 25.9 Å². The number of rotatable bonds is 6. The van der Waals surface area contributed by atoms with Gasteiger partial charge < -0.3 is 14.4 Å². The number of carbonyl (C=O) groups excluding carboxylic acids is 1. The van der Waals surface area contributed by atoms with Crippen molar-refractivity contribution in [1.82, 2.24) is 9.80 Å². The number of halogens is 3. The first-order valence-corrected chi connectivity index (χ1v) is 10.4. The van der Waals surface area contributed by atoms with Crippen molar-refractivity contribution in [2.45, 2.75) is 31.8 Å². The van der Waals surface area contributed by atoms with Gasteiger partial charge in [0.15, 0.2) is 17.4 Å². The largest absolute Gasteiger partial charge is 0.484 e. The topological polar surface area (TPSA) is 54.4 Å². The molecule has 0 spiro atoms. The summed E-state index contributed by atoms with van der Waals surface area (Å²) in [5.74, 6) is -2.99. The summed E-state index contributed by atoms with van der Waals surface area (Å²) in [6.07, 6.45) is 3.48. The number of aliphatic imine (C=N–C) groups is 1. The molecule has 2 aliphatic rings. The van der Waals surface area contributed by atoms with Gasteiger partial charge in [-0.25, -0.2) is 18.2 Å². The maximum atomic E-state index is 13.8. The SMILES string of the molecule is C=CN=C(CN1CCC(C(=O)N2CCC(Oc3c(F)cc(F)cc3F)CC2)CC1)OC. The van der Waals surface area contributed by atoms with E-state index in [1.165, 1.54) is 6.20 Å². The standard InChI is InChI=1S/C22H28F3N3O3/c1-3-26-20(30-2)14-27-8-4-15(5-9-27)22(29)28-10-6-17(7-11-28)31-21-18(24)12-16(23)13-19(21)25/h3,12-13,15,17H,1,4-11,14H2,2H3. The van der Waals surface area contributed by atoms with E-state index < -0.39 is 29.3 Å².